The molecule has 0 amide bonds. The van der Waals surface area contributed by atoms with Gasteiger partial charge >= 0.3 is 11.7 Å². The number of rotatable bonds is 1. The maximum Gasteiger partial charge on any atom is 0.337 e. The van der Waals surface area contributed by atoms with E-state index in [4.69, 9.17) is 4.74 Å². The molecule has 0 radical (unpaired) electrons. The fourth-order valence-corrected chi connectivity index (χ4v) is 2.08. The lowest BCUT2D eigenvalue weighted by molar-refractivity contribution is 0.0600. The highest BCUT2D eigenvalue weighted by Crippen LogP contribution is 2.33. The van der Waals surface area contributed by atoms with E-state index in [1.807, 2.05) is 0 Å². The van der Waals surface area contributed by atoms with Crippen molar-refractivity contribution in [1.82, 2.24) is 9.97 Å². The van der Waals surface area contributed by atoms with Gasteiger partial charge in [-0.25, -0.2) is 9.59 Å². The molecule has 2 aromatic rings. The molecule has 0 bridgehead atoms. The Morgan fingerprint density at radius 2 is 2.10 bits per heavy atom. The minimum atomic E-state index is -0.638. The molecule has 0 atom stereocenters. The fourth-order valence-electron chi connectivity index (χ4n) is 2.08. The maximum atomic E-state index is 11.7. The summed E-state index contributed by atoms with van der Waals surface area (Å²) in [6.45, 7) is 0. The van der Waals surface area contributed by atoms with Gasteiger partial charge in [0.25, 0.3) is 5.56 Å². The summed E-state index contributed by atoms with van der Waals surface area (Å²) in [6, 6.07) is 4.80. The van der Waals surface area contributed by atoms with Gasteiger partial charge in [0.1, 0.15) is 5.75 Å². The zero-order valence-electron chi connectivity index (χ0n) is 10.5. The molecule has 0 aliphatic carbocycles. The van der Waals surface area contributed by atoms with Crippen LogP contribution in [-0.2, 0) is 11.2 Å². The van der Waals surface area contributed by atoms with E-state index in [0.29, 0.717) is 23.3 Å². The van der Waals surface area contributed by atoms with Gasteiger partial charge in [-0.3, -0.25) is 14.8 Å². The third kappa shape index (κ3) is 1.89. The smallest absolute Gasteiger partial charge is 0.337 e. The van der Waals surface area contributed by atoms with E-state index in [1.54, 1.807) is 12.1 Å². The summed E-state index contributed by atoms with van der Waals surface area (Å²) in [4.78, 5) is 38.9. The molecule has 0 saturated heterocycles. The molecule has 20 heavy (non-hydrogen) atoms. The number of hydrogen-bond donors (Lipinski definition) is 2. The van der Waals surface area contributed by atoms with Gasteiger partial charge in [0.2, 0.25) is 5.88 Å². The Bertz CT molecular complexity index is 818. The first-order chi connectivity index (χ1) is 9.58. The SMILES string of the molecule is COC(=O)c1ccc2c(c1)Oc1[nH]c(=O)[nH]c(=O)c1C2. The summed E-state index contributed by atoms with van der Waals surface area (Å²) in [6.07, 6.45) is 0.318. The fraction of sp³-hybridized carbons (Fsp3) is 0.154. The van der Waals surface area contributed by atoms with E-state index < -0.39 is 17.2 Å². The Morgan fingerprint density at radius 3 is 2.85 bits per heavy atom. The Labute approximate surface area is 112 Å². The molecule has 1 aromatic carbocycles. The van der Waals surface area contributed by atoms with Crippen molar-refractivity contribution in [2.75, 3.05) is 7.11 Å². The molecule has 2 N–H and O–H groups in total. The van der Waals surface area contributed by atoms with Crippen molar-refractivity contribution in [2.24, 2.45) is 0 Å². The number of fused-ring (bicyclic) bond motifs is 2. The van der Waals surface area contributed by atoms with Crippen LogP contribution >= 0.6 is 0 Å². The van der Waals surface area contributed by atoms with Crippen molar-refractivity contribution in [3.8, 4) is 11.6 Å². The number of hydrogen-bond acceptors (Lipinski definition) is 5. The van der Waals surface area contributed by atoms with Gasteiger partial charge in [0.05, 0.1) is 18.2 Å². The first-order valence-electron chi connectivity index (χ1n) is 5.83. The van der Waals surface area contributed by atoms with Gasteiger partial charge in [-0.2, -0.15) is 0 Å². The van der Waals surface area contributed by atoms with Gasteiger partial charge < -0.3 is 9.47 Å². The Hall–Kier alpha value is -2.83. The highest BCUT2D eigenvalue weighted by molar-refractivity contribution is 5.90. The summed E-state index contributed by atoms with van der Waals surface area (Å²) in [5, 5.41) is 0. The maximum absolute atomic E-state index is 11.7. The number of aromatic amines is 2. The number of methoxy groups -OCH3 is 1. The predicted octanol–water partition coefficient (Wildman–Crippen LogP) is 0.546. The molecule has 0 fully saturated rings. The van der Waals surface area contributed by atoms with Crippen LogP contribution in [0.3, 0.4) is 0 Å². The zero-order chi connectivity index (χ0) is 14.3. The number of esters is 1. The molecule has 0 spiro atoms. The minimum Gasteiger partial charge on any atom is -0.465 e. The summed E-state index contributed by atoms with van der Waals surface area (Å²) >= 11 is 0. The van der Waals surface area contributed by atoms with Crippen LogP contribution in [-0.4, -0.2) is 23.0 Å². The summed E-state index contributed by atoms with van der Waals surface area (Å²) in [5.74, 6) is 0.0384. The highest BCUT2D eigenvalue weighted by Gasteiger charge is 2.22. The van der Waals surface area contributed by atoms with Crippen molar-refractivity contribution < 1.29 is 14.3 Å². The molecule has 7 heteroatoms. The molecular weight excluding hydrogens is 264 g/mol. The first-order valence-corrected chi connectivity index (χ1v) is 5.83. The predicted molar refractivity (Wildman–Crippen MR) is 68.3 cm³/mol. The van der Waals surface area contributed by atoms with Crippen molar-refractivity contribution >= 4 is 5.97 Å². The second-order valence-electron chi connectivity index (χ2n) is 4.31. The molecule has 0 unspecified atom stereocenters. The number of benzene rings is 1. The summed E-state index contributed by atoms with van der Waals surface area (Å²) in [5.41, 5.74) is 0.320. The second-order valence-corrected chi connectivity index (χ2v) is 4.31. The van der Waals surface area contributed by atoms with Gasteiger partial charge in [-0.05, 0) is 17.7 Å². The number of ether oxygens (including phenoxy) is 2. The van der Waals surface area contributed by atoms with Crippen LogP contribution in [0.15, 0.2) is 27.8 Å². The molecule has 3 rings (SSSR count). The standard InChI is InChI=1S/C13H10N2O5/c1-19-12(17)7-3-2-6-4-8-10(16)14-13(18)15-11(8)20-9(6)5-7/h2-3,5H,4H2,1H3,(H2,14,15,16,18). The number of aromatic nitrogens is 2. The van der Waals surface area contributed by atoms with Crippen LogP contribution in [0, 0.1) is 0 Å². The Kier molecular flexibility index (Phi) is 2.67. The van der Waals surface area contributed by atoms with Gasteiger partial charge in [0, 0.05) is 6.42 Å². The molecule has 102 valence electrons. The van der Waals surface area contributed by atoms with Crippen LogP contribution in [0.2, 0.25) is 0 Å². The van der Waals surface area contributed by atoms with Crippen molar-refractivity contribution in [3.63, 3.8) is 0 Å². The molecule has 1 aliphatic heterocycles. The lowest BCUT2D eigenvalue weighted by Gasteiger charge is -2.18. The van der Waals surface area contributed by atoms with Gasteiger partial charge in [-0.15, -0.1) is 0 Å². The molecule has 0 saturated carbocycles. The number of carbonyl (C=O) groups excluding carboxylic acids is 1. The Balaban J connectivity index is 2.09. The van der Waals surface area contributed by atoms with Crippen LogP contribution in [0.25, 0.3) is 0 Å². The summed E-state index contributed by atoms with van der Waals surface area (Å²) in [7, 11) is 1.29. The molecular formula is C13H10N2O5. The molecule has 1 aromatic heterocycles. The minimum absolute atomic E-state index is 0.105. The number of carbonyl (C=O) groups is 1. The highest BCUT2D eigenvalue weighted by atomic mass is 16.5. The molecule has 1 aliphatic rings. The van der Waals surface area contributed by atoms with E-state index in [2.05, 4.69) is 14.7 Å². The van der Waals surface area contributed by atoms with Crippen molar-refractivity contribution in [1.29, 1.82) is 0 Å². The second kappa shape index (κ2) is 4.37. The van der Waals surface area contributed by atoms with E-state index in [9.17, 15) is 14.4 Å². The monoisotopic (exact) mass is 274 g/mol. The van der Waals surface area contributed by atoms with Gasteiger partial charge in [0.15, 0.2) is 0 Å². The largest absolute Gasteiger partial charge is 0.465 e. The van der Waals surface area contributed by atoms with E-state index in [0.717, 1.165) is 5.56 Å². The average molecular weight is 274 g/mol. The lowest BCUT2D eigenvalue weighted by atomic mass is 10.0. The van der Waals surface area contributed by atoms with Crippen LogP contribution in [0.4, 0.5) is 0 Å². The van der Waals surface area contributed by atoms with E-state index in [-0.39, 0.29) is 5.88 Å². The van der Waals surface area contributed by atoms with E-state index in [1.165, 1.54) is 13.2 Å². The van der Waals surface area contributed by atoms with Crippen LogP contribution in [0.5, 0.6) is 11.6 Å². The third-order valence-corrected chi connectivity index (χ3v) is 3.07. The molecule has 7 nitrogen and oxygen atoms in total. The normalized spacial score (nSPS) is 12.1. The van der Waals surface area contributed by atoms with Crippen molar-refractivity contribution in [3.05, 3.63) is 55.7 Å². The van der Waals surface area contributed by atoms with Crippen molar-refractivity contribution in [2.45, 2.75) is 6.42 Å². The number of H-pyrrole nitrogens is 2. The van der Waals surface area contributed by atoms with Crippen LogP contribution < -0.4 is 16.0 Å². The number of nitrogens with one attached hydrogen (secondary N) is 2. The van der Waals surface area contributed by atoms with E-state index >= 15 is 0 Å². The first kappa shape index (κ1) is 12.2. The average Bonchev–Trinajstić information content (AvgIpc) is 2.44. The molecule has 2 heterocycles. The van der Waals surface area contributed by atoms with Gasteiger partial charge in [-0.1, -0.05) is 6.07 Å². The van der Waals surface area contributed by atoms with Crippen LogP contribution in [0.1, 0.15) is 21.5 Å². The quantitative estimate of drug-likeness (QED) is 0.631. The lowest BCUT2D eigenvalue weighted by Crippen LogP contribution is -2.28. The summed E-state index contributed by atoms with van der Waals surface area (Å²) < 4.78 is 10.1. The topological polar surface area (TPSA) is 101 Å². The Morgan fingerprint density at radius 1 is 1.30 bits per heavy atom. The third-order valence-electron chi connectivity index (χ3n) is 3.07. The zero-order valence-corrected chi connectivity index (χ0v) is 10.5.